The molecule has 3 aromatic rings. The molecule has 0 radical (unpaired) electrons. The van der Waals surface area contributed by atoms with Crippen LogP contribution in [0.4, 0.5) is 5.69 Å². The summed E-state index contributed by atoms with van der Waals surface area (Å²) in [5.74, 6) is 0.0407. The van der Waals surface area contributed by atoms with Crippen LogP contribution in [-0.2, 0) is 14.6 Å². The van der Waals surface area contributed by atoms with Gasteiger partial charge in [-0.05, 0) is 66.5 Å². The molecule has 1 aliphatic carbocycles. The maximum atomic E-state index is 15.1. The summed E-state index contributed by atoms with van der Waals surface area (Å²) >= 11 is 0. The molecule has 1 fully saturated rings. The topological polar surface area (TPSA) is 57.7 Å². The van der Waals surface area contributed by atoms with E-state index in [4.69, 9.17) is 0 Å². The molecule has 210 valence electrons. The Bertz CT molecular complexity index is 1480. The predicted molar refractivity (Wildman–Crippen MR) is 163 cm³/mol. The number of benzene rings is 3. The highest BCUT2D eigenvalue weighted by Gasteiger charge is 2.63. The van der Waals surface area contributed by atoms with Gasteiger partial charge in [0.25, 0.3) is 5.91 Å². The summed E-state index contributed by atoms with van der Waals surface area (Å²) < 4.78 is 28.8. The fourth-order valence-corrected chi connectivity index (χ4v) is 9.97. The van der Waals surface area contributed by atoms with Crippen LogP contribution in [0.2, 0.25) is 0 Å². The minimum absolute atomic E-state index is 0.0424. The Morgan fingerprint density at radius 2 is 1.38 bits per heavy atom. The average Bonchev–Trinajstić information content (AvgIpc) is 3.45. The first-order valence-corrected chi connectivity index (χ1v) is 16.7. The van der Waals surface area contributed by atoms with Crippen molar-refractivity contribution in [2.24, 2.45) is 0 Å². The summed E-state index contributed by atoms with van der Waals surface area (Å²) in [6, 6.07) is 21.4. The normalized spacial score (nSPS) is 19.4. The lowest BCUT2D eigenvalue weighted by Gasteiger charge is -2.43. The Hall–Kier alpha value is -3.12. The monoisotopic (exact) mass is 556 g/mol. The van der Waals surface area contributed by atoms with Gasteiger partial charge in [0, 0.05) is 36.4 Å². The first-order valence-electron chi connectivity index (χ1n) is 15.1. The van der Waals surface area contributed by atoms with Gasteiger partial charge in [0.1, 0.15) is 4.75 Å². The highest BCUT2D eigenvalue weighted by Crippen LogP contribution is 2.62. The molecule has 5 nitrogen and oxygen atoms in total. The highest BCUT2D eigenvalue weighted by molar-refractivity contribution is 7.92. The van der Waals surface area contributed by atoms with Crippen molar-refractivity contribution in [3.63, 3.8) is 0 Å². The van der Waals surface area contributed by atoms with E-state index in [0.29, 0.717) is 18.5 Å². The van der Waals surface area contributed by atoms with Crippen molar-refractivity contribution in [1.82, 2.24) is 4.90 Å². The van der Waals surface area contributed by atoms with Gasteiger partial charge in [0.2, 0.25) is 0 Å². The number of hydrogen-bond donors (Lipinski definition) is 0. The number of carbonyl (C=O) groups excluding carboxylic acids is 1. The Morgan fingerprint density at radius 1 is 0.775 bits per heavy atom. The van der Waals surface area contributed by atoms with Crippen LogP contribution in [0.25, 0.3) is 11.1 Å². The summed E-state index contributed by atoms with van der Waals surface area (Å²) in [4.78, 5) is 18.6. The molecule has 0 aromatic heterocycles. The van der Waals surface area contributed by atoms with Gasteiger partial charge in [-0.2, -0.15) is 0 Å². The van der Waals surface area contributed by atoms with Gasteiger partial charge in [0.15, 0.2) is 9.84 Å². The predicted octanol–water partition coefficient (Wildman–Crippen LogP) is 7.11. The maximum Gasteiger partial charge on any atom is 0.254 e. The van der Waals surface area contributed by atoms with Crippen molar-refractivity contribution in [3.8, 4) is 11.1 Å². The maximum absolute atomic E-state index is 15.1. The van der Waals surface area contributed by atoms with Crippen LogP contribution in [-0.4, -0.2) is 44.6 Å². The Morgan fingerprint density at radius 3 is 2.00 bits per heavy atom. The molecule has 6 heteroatoms. The fraction of sp³-hybridized carbons (Fsp3) is 0.441. The molecule has 40 heavy (non-hydrogen) atoms. The number of carbonyl (C=O) groups is 1. The Balaban J connectivity index is 1.71. The molecule has 6 rings (SSSR count). The van der Waals surface area contributed by atoms with Gasteiger partial charge in [-0.3, -0.25) is 4.79 Å². The third kappa shape index (κ3) is 3.93. The fourth-order valence-electron chi connectivity index (χ4n) is 7.37. The van der Waals surface area contributed by atoms with E-state index in [1.165, 1.54) is 6.42 Å². The van der Waals surface area contributed by atoms with Gasteiger partial charge in [-0.15, -0.1) is 0 Å². The van der Waals surface area contributed by atoms with E-state index in [9.17, 15) is 4.79 Å². The highest BCUT2D eigenvalue weighted by atomic mass is 32.2. The van der Waals surface area contributed by atoms with Crippen molar-refractivity contribution in [3.05, 3.63) is 89.0 Å². The molecule has 0 saturated carbocycles. The first-order chi connectivity index (χ1) is 19.5. The minimum atomic E-state index is -3.78. The first kappa shape index (κ1) is 27.1. The van der Waals surface area contributed by atoms with Crippen LogP contribution in [0.3, 0.4) is 0 Å². The van der Waals surface area contributed by atoms with Crippen LogP contribution in [0.15, 0.2) is 66.7 Å². The van der Waals surface area contributed by atoms with Crippen molar-refractivity contribution in [2.75, 3.05) is 30.3 Å². The number of fused-ring (bicyclic) bond motifs is 4. The van der Waals surface area contributed by atoms with Gasteiger partial charge in [-0.25, -0.2) is 8.42 Å². The van der Waals surface area contributed by atoms with Crippen LogP contribution < -0.4 is 4.90 Å². The number of hydrogen-bond acceptors (Lipinski definition) is 4. The second-order valence-corrected chi connectivity index (χ2v) is 13.8. The van der Waals surface area contributed by atoms with Crippen LogP contribution >= 0.6 is 0 Å². The van der Waals surface area contributed by atoms with E-state index in [-0.39, 0.29) is 11.7 Å². The standard InChI is InChI=1S/C34H40N2O3S/c1-3-5-23-36-32(31-27(33(36)37)17-14-20-30(31)35-21-12-7-13-22-35)34(40(38,39)24-6-4-2)28-18-10-8-15-25(28)26-16-9-11-19-29(26)34/h8-11,14-20,32H,3-7,12-13,21-24H2,1-2H3. The lowest BCUT2D eigenvalue weighted by Crippen LogP contribution is -2.49. The molecule has 1 unspecified atom stereocenters. The van der Waals surface area contributed by atoms with Gasteiger partial charge < -0.3 is 9.80 Å². The number of anilines is 1. The van der Waals surface area contributed by atoms with Crippen LogP contribution in [0, 0.1) is 0 Å². The summed E-state index contributed by atoms with van der Waals surface area (Å²) in [5.41, 5.74) is 6.14. The van der Waals surface area contributed by atoms with E-state index >= 15 is 8.42 Å². The molecule has 2 aliphatic heterocycles. The SMILES string of the molecule is CCCCN1C(=O)c2cccc(N3CCCCC3)c2C1C1(S(=O)(=O)CCCC)c2ccccc2-c2ccccc21. The third-order valence-corrected chi connectivity index (χ3v) is 11.7. The molecule has 3 aliphatic rings. The lowest BCUT2D eigenvalue weighted by atomic mass is 9.82. The summed E-state index contributed by atoms with van der Waals surface area (Å²) in [5, 5.41) is 0. The number of sulfone groups is 1. The summed E-state index contributed by atoms with van der Waals surface area (Å²) in [7, 11) is -3.78. The molecular formula is C34H40N2O3S. The third-order valence-electron chi connectivity index (χ3n) is 9.20. The second kappa shape index (κ2) is 10.7. The number of amides is 1. The average molecular weight is 557 g/mol. The molecular weight excluding hydrogens is 516 g/mol. The molecule has 1 amide bonds. The quantitative estimate of drug-likeness (QED) is 0.282. The molecule has 0 spiro atoms. The molecule has 0 N–H and O–H groups in total. The summed E-state index contributed by atoms with van der Waals surface area (Å²) in [6.07, 6.45) is 6.54. The number of rotatable bonds is 9. The van der Waals surface area contributed by atoms with Crippen molar-refractivity contribution in [2.45, 2.75) is 69.6 Å². The molecule has 1 saturated heterocycles. The van der Waals surface area contributed by atoms with Crippen molar-refractivity contribution < 1.29 is 13.2 Å². The van der Waals surface area contributed by atoms with Crippen LogP contribution in [0.5, 0.6) is 0 Å². The van der Waals surface area contributed by atoms with E-state index in [1.807, 2.05) is 60.4 Å². The Labute approximate surface area is 239 Å². The number of nitrogens with zero attached hydrogens (tertiary/aromatic N) is 2. The van der Waals surface area contributed by atoms with Crippen LogP contribution in [0.1, 0.15) is 91.9 Å². The molecule has 3 aromatic carbocycles. The second-order valence-electron chi connectivity index (χ2n) is 11.5. The zero-order valence-electron chi connectivity index (χ0n) is 23.7. The van der Waals surface area contributed by atoms with Crippen molar-refractivity contribution >= 4 is 21.4 Å². The largest absolute Gasteiger partial charge is 0.371 e. The van der Waals surface area contributed by atoms with E-state index in [2.05, 4.69) is 30.0 Å². The van der Waals surface area contributed by atoms with Gasteiger partial charge >= 0.3 is 0 Å². The summed E-state index contributed by atoms with van der Waals surface area (Å²) in [6.45, 7) is 6.54. The lowest BCUT2D eigenvalue weighted by molar-refractivity contribution is 0.0695. The minimum Gasteiger partial charge on any atom is -0.371 e. The van der Waals surface area contributed by atoms with Crippen molar-refractivity contribution in [1.29, 1.82) is 0 Å². The zero-order valence-corrected chi connectivity index (χ0v) is 24.6. The zero-order chi connectivity index (χ0) is 27.9. The van der Waals surface area contributed by atoms with E-state index in [0.717, 1.165) is 78.7 Å². The Kier molecular flexibility index (Phi) is 7.24. The number of piperidine rings is 1. The molecule has 1 atom stereocenters. The molecule has 2 heterocycles. The van der Waals surface area contributed by atoms with E-state index < -0.39 is 20.6 Å². The molecule has 0 bridgehead atoms. The smallest absolute Gasteiger partial charge is 0.254 e. The van der Waals surface area contributed by atoms with Gasteiger partial charge in [-0.1, -0.05) is 81.3 Å². The van der Waals surface area contributed by atoms with Gasteiger partial charge in [0.05, 0.1) is 11.8 Å². The van der Waals surface area contributed by atoms with E-state index in [1.54, 1.807) is 0 Å². The number of unbranched alkanes of at least 4 members (excludes halogenated alkanes) is 2.